The minimum absolute atomic E-state index is 0.0988. The first-order valence-electron chi connectivity index (χ1n) is 9.97. The quantitative estimate of drug-likeness (QED) is 0.490. The molecule has 1 aromatic heterocycles. The molecular formula is C21H29N4O2S+. The third-order valence-corrected chi connectivity index (χ3v) is 5.52. The zero-order valence-corrected chi connectivity index (χ0v) is 17.5. The van der Waals surface area contributed by atoms with E-state index in [4.69, 9.17) is 12.2 Å². The van der Waals surface area contributed by atoms with Gasteiger partial charge in [0.25, 0.3) is 11.5 Å². The van der Waals surface area contributed by atoms with E-state index in [2.05, 4.69) is 16.4 Å². The van der Waals surface area contributed by atoms with Crippen LogP contribution in [0.25, 0.3) is 10.9 Å². The molecule has 0 radical (unpaired) electrons. The number of fused-ring (bicyclic) bond motifs is 1. The molecule has 7 heteroatoms. The summed E-state index contributed by atoms with van der Waals surface area (Å²) in [5.74, 6) is -0.143. The van der Waals surface area contributed by atoms with Crippen LogP contribution in [0.2, 0.25) is 0 Å². The molecule has 150 valence electrons. The van der Waals surface area contributed by atoms with E-state index < -0.39 is 0 Å². The Morgan fingerprint density at radius 1 is 1.32 bits per heavy atom. The van der Waals surface area contributed by atoms with Crippen LogP contribution in [0.3, 0.4) is 0 Å². The highest BCUT2D eigenvalue weighted by Crippen LogP contribution is 2.20. The number of benzene rings is 1. The summed E-state index contributed by atoms with van der Waals surface area (Å²) in [4.78, 5) is 29.6. The molecule has 3 rings (SSSR count). The molecule has 0 bridgehead atoms. The molecule has 3 N–H and O–H groups in total. The van der Waals surface area contributed by atoms with E-state index >= 15 is 0 Å². The van der Waals surface area contributed by atoms with Crippen LogP contribution in [0, 0.1) is 4.77 Å². The van der Waals surface area contributed by atoms with Gasteiger partial charge in [0.2, 0.25) is 0 Å². The number of nitrogens with zero attached hydrogens (tertiary/aromatic N) is 1. The lowest BCUT2D eigenvalue weighted by Gasteiger charge is -2.14. The lowest BCUT2D eigenvalue weighted by molar-refractivity contribution is -0.856. The van der Waals surface area contributed by atoms with Crippen LogP contribution in [-0.2, 0) is 6.54 Å². The molecule has 1 aliphatic rings. The fraction of sp³-hybridized carbons (Fsp3) is 0.476. The molecule has 0 atom stereocenters. The van der Waals surface area contributed by atoms with Crippen LogP contribution < -0.4 is 15.8 Å². The SMILES string of the molecule is C[NH+](C)CCNC(=O)c1ccc2c(=O)n(CCC3=CCCCC3)c(=S)[nH]c2c1. The van der Waals surface area contributed by atoms with Crippen molar-refractivity contribution in [2.24, 2.45) is 0 Å². The number of carbonyl (C=O) groups excluding carboxylic acids is 1. The first kappa shape index (κ1) is 20.5. The summed E-state index contributed by atoms with van der Waals surface area (Å²) in [6.45, 7) is 2.04. The number of carbonyl (C=O) groups is 1. The maximum absolute atomic E-state index is 12.9. The Morgan fingerprint density at radius 3 is 2.86 bits per heavy atom. The molecule has 2 aromatic rings. The first-order chi connectivity index (χ1) is 13.5. The highest BCUT2D eigenvalue weighted by atomic mass is 32.1. The number of hydrogen-bond donors (Lipinski definition) is 3. The van der Waals surface area contributed by atoms with E-state index in [-0.39, 0.29) is 11.5 Å². The molecule has 0 spiro atoms. The summed E-state index contributed by atoms with van der Waals surface area (Å²) in [6.07, 6.45) is 7.89. The largest absolute Gasteiger partial charge is 0.346 e. The first-order valence-corrected chi connectivity index (χ1v) is 10.4. The third kappa shape index (κ3) is 4.97. The van der Waals surface area contributed by atoms with Crippen molar-refractivity contribution in [3.05, 3.63) is 50.5 Å². The number of aromatic amines is 1. The number of quaternary nitrogens is 1. The molecule has 0 saturated carbocycles. The Morgan fingerprint density at radius 2 is 2.14 bits per heavy atom. The van der Waals surface area contributed by atoms with Crippen LogP contribution >= 0.6 is 12.2 Å². The van der Waals surface area contributed by atoms with Crippen molar-refractivity contribution in [1.29, 1.82) is 0 Å². The van der Waals surface area contributed by atoms with Crippen LogP contribution in [0.4, 0.5) is 0 Å². The Labute approximate surface area is 170 Å². The van der Waals surface area contributed by atoms with Gasteiger partial charge < -0.3 is 15.2 Å². The predicted octanol–water partition coefficient (Wildman–Crippen LogP) is 1.82. The molecule has 1 heterocycles. The number of aromatic nitrogens is 2. The highest BCUT2D eigenvalue weighted by molar-refractivity contribution is 7.71. The summed E-state index contributed by atoms with van der Waals surface area (Å²) in [6, 6.07) is 5.12. The summed E-state index contributed by atoms with van der Waals surface area (Å²) < 4.78 is 2.04. The molecule has 6 nitrogen and oxygen atoms in total. The average Bonchev–Trinajstić information content (AvgIpc) is 2.67. The second kappa shape index (κ2) is 9.30. The molecule has 0 fully saturated rings. The summed E-state index contributed by atoms with van der Waals surface area (Å²) in [5.41, 5.74) is 2.45. The van der Waals surface area contributed by atoms with E-state index in [9.17, 15) is 9.59 Å². The predicted molar refractivity (Wildman–Crippen MR) is 115 cm³/mol. The standard InChI is InChI=1S/C21H28N4O2S/c1-24(2)13-11-22-19(26)16-8-9-17-18(14-16)23-21(28)25(20(17)27)12-10-15-6-4-3-5-7-15/h6,8-9,14H,3-5,7,10-13H2,1-2H3,(H,22,26)(H,23,28)/p+1. The molecular weight excluding hydrogens is 372 g/mol. The van der Waals surface area contributed by atoms with Crippen molar-refractivity contribution < 1.29 is 9.69 Å². The van der Waals surface area contributed by atoms with E-state index in [1.807, 2.05) is 14.1 Å². The molecule has 0 aliphatic heterocycles. The number of rotatable bonds is 7. The molecule has 1 amide bonds. The number of hydrogen-bond acceptors (Lipinski definition) is 3. The second-order valence-corrected chi connectivity index (χ2v) is 8.11. The van der Waals surface area contributed by atoms with Crippen LogP contribution in [-0.4, -0.2) is 42.6 Å². The van der Waals surface area contributed by atoms with E-state index in [0.29, 0.717) is 34.3 Å². The van der Waals surface area contributed by atoms with Gasteiger partial charge in [0, 0.05) is 12.1 Å². The van der Waals surface area contributed by atoms with Gasteiger partial charge in [0.05, 0.1) is 38.1 Å². The number of amides is 1. The van der Waals surface area contributed by atoms with Crippen molar-refractivity contribution in [2.75, 3.05) is 27.2 Å². The zero-order chi connectivity index (χ0) is 20.1. The smallest absolute Gasteiger partial charge is 0.262 e. The van der Waals surface area contributed by atoms with Gasteiger partial charge in [-0.15, -0.1) is 0 Å². The van der Waals surface area contributed by atoms with Crippen LogP contribution in [0.1, 0.15) is 42.5 Å². The van der Waals surface area contributed by atoms with Gasteiger partial charge in [-0.2, -0.15) is 0 Å². The Kier molecular flexibility index (Phi) is 6.80. The summed E-state index contributed by atoms with van der Waals surface area (Å²) in [7, 11) is 4.08. The van der Waals surface area contributed by atoms with Gasteiger partial charge in [-0.25, -0.2) is 0 Å². The number of allylic oxidation sites excluding steroid dienone is 2. The fourth-order valence-corrected chi connectivity index (χ4v) is 3.80. The third-order valence-electron chi connectivity index (χ3n) is 5.20. The molecule has 1 aromatic carbocycles. The van der Waals surface area contributed by atoms with Gasteiger partial charge in [0.1, 0.15) is 0 Å². The summed E-state index contributed by atoms with van der Waals surface area (Å²) in [5, 5.41) is 3.46. The van der Waals surface area contributed by atoms with Crippen molar-refractivity contribution in [3.8, 4) is 0 Å². The van der Waals surface area contributed by atoms with Crippen LogP contribution in [0.5, 0.6) is 0 Å². The Balaban J connectivity index is 1.80. The van der Waals surface area contributed by atoms with E-state index in [1.54, 1.807) is 22.8 Å². The molecule has 28 heavy (non-hydrogen) atoms. The maximum atomic E-state index is 12.9. The molecule has 1 aliphatic carbocycles. The molecule has 0 unspecified atom stereocenters. The minimum Gasteiger partial charge on any atom is -0.346 e. The average molecular weight is 402 g/mol. The van der Waals surface area contributed by atoms with Gasteiger partial charge in [0.15, 0.2) is 4.77 Å². The van der Waals surface area contributed by atoms with Crippen molar-refractivity contribution >= 4 is 29.0 Å². The zero-order valence-electron chi connectivity index (χ0n) is 16.6. The molecule has 0 saturated heterocycles. The monoisotopic (exact) mass is 401 g/mol. The topological polar surface area (TPSA) is 71.3 Å². The van der Waals surface area contributed by atoms with Gasteiger partial charge in [-0.3, -0.25) is 14.2 Å². The summed E-state index contributed by atoms with van der Waals surface area (Å²) >= 11 is 5.43. The lowest BCUT2D eigenvalue weighted by atomic mass is 9.97. The highest BCUT2D eigenvalue weighted by Gasteiger charge is 2.11. The maximum Gasteiger partial charge on any atom is 0.262 e. The lowest BCUT2D eigenvalue weighted by Crippen LogP contribution is -3.06. The van der Waals surface area contributed by atoms with Gasteiger partial charge in [-0.1, -0.05) is 11.6 Å². The second-order valence-electron chi connectivity index (χ2n) is 7.72. The van der Waals surface area contributed by atoms with Gasteiger partial charge in [-0.05, 0) is 62.5 Å². The number of H-pyrrole nitrogens is 1. The van der Waals surface area contributed by atoms with Gasteiger partial charge >= 0.3 is 0 Å². The van der Waals surface area contributed by atoms with E-state index in [1.165, 1.54) is 23.3 Å². The number of likely N-dealkylation sites (N-methyl/N-ethyl adjacent to an activating group) is 1. The van der Waals surface area contributed by atoms with E-state index in [0.717, 1.165) is 25.8 Å². The fourth-order valence-electron chi connectivity index (χ4n) is 3.51. The van der Waals surface area contributed by atoms with Crippen molar-refractivity contribution in [1.82, 2.24) is 14.9 Å². The van der Waals surface area contributed by atoms with Crippen molar-refractivity contribution in [2.45, 2.75) is 38.6 Å². The minimum atomic E-state index is -0.143. The van der Waals surface area contributed by atoms with Crippen LogP contribution in [0.15, 0.2) is 34.6 Å². The Bertz CT molecular complexity index is 1000. The number of nitrogens with one attached hydrogen (secondary N) is 3. The normalized spacial score (nSPS) is 14.3. The Hall–Kier alpha value is -2.25. The van der Waals surface area contributed by atoms with Crippen molar-refractivity contribution in [3.63, 3.8) is 0 Å².